The first-order valence-corrected chi connectivity index (χ1v) is 8.52. The number of hydrogen-bond acceptors (Lipinski definition) is 1. The smallest absolute Gasteiger partial charge is 0.171 e. The number of aryl methyl sites for hydroxylation is 2. The van der Waals surface area contributed by atoms with Gasteiger partial charge >= 0.3 is 0 Å². The molecule has 2 rings (SSSR count). The molecule has 0 fully saturated rings. The molecular weight excluding hydrogens is 300 g/mol. The summed E-state index contributed by atoms with van der Waals surface area (Å²) in [6.07, 6.45) is 0. The second-order valence-corrected chi connectivity index (χ2v) is 6.87. The van der Waals surface area contributed by atoms with Gasteiger partial charge in [-0.1, -0.05) is 49.7 Å². The van der Waals surface area contributed by atoms with E-state index in [1.807, 2.05) is 0 Å². The van der Waals surface area contributed by atoms with Crippen molar-refractivity contribution in [2.24, 2.45) is 0 Å². The number of nitrogens with one attached hydrogen (secondary N) is 2. The van der Waals surface area contributed by atoms with Gasteiger partial charge in [-0.2, -0.15) is 0 Å². The van der Waals surface area contributed by atoms with Gasteiger partial charge in [0.1, 0.15) is 0 Å². The molecule has 0 aliphatic carbocycles. The maximum atomic E-state index is 5.44. The molecule has 0 saturated carbocycles. The molecule has 23 heavy (non-hydrogen) atoms. The van der Waals surface area contributed by atoms with Gasteiger partial charge in [0.15, 0.2) is 5.11 Å². The molecule has 2 N–H and O–H groups in total. The molecule has 0 unspecified atom stereocenters. The summed E-state index contributed by atoms with van der Waals surface area (Å²) in [5.41, 5.74) is 6.19. The maximum Gasteiger partial charge on any atom is 0.171 e. The Morgan fingerprint density at radius 2 is 1.61 bits per heavy atom. The number of hydrogen-bond donors (Lipinski definition) is 2. The average molecular weight is 327 g/mol. The summed E-state index contributed by atoms with van der Waals surface area (Å²) in [4.78, 5) is 0. The zero-order valence-corrected chi connectivity index (χ0v) is 15.4. The summed E-state index contributed by atoms with van der Waals surface area (Å²) in [6, 6.07) is 15.1. The summed E-state index contributed by atoms with van der Waals surface area (Å²) in [5.74, 6) is 0.540. The van der Waals surface area contributed by atoms with E-state index in [2.05, 4.69) is 87.7 Å². The Kier molecular flexibility index (Phi) is 5.78. The van der Waals surface area contributed by atoms with Gasteiger partial charge in [-0.25, -0.2) is 0 Å². The largest absolute Gasteiger partial charge is 0.356 e. The summed E-state index contributed by atoms with van der Waals surface area (Å²) in [7, 11) is 0. The van der Waals surface area contributed by atoms with Crippen LogP contribution in [0.2, 0.25) is 0 Å². The van der Waals surface area contributed by atoms with E-state index in [1.54, 1.807) is 0 Å². The highest BCUT2D eigenvalue weighted by molar-refractivity contribution is 7.80. The van der Waals surface area contributed by atoms with E-state index in [0.29, 0.717) is 11.0 Å². The molecule has 0 saturated heterocycles. The third-order valence-electron chi connectivity index (χ3n) is 4.07. The van der Waals surface area contributed by atoms with Gasteiger partial charge in [-0.05, 0) is 67.7 Å². The Morgan fingerprint density at radius 3 is 2.17 bits per heavy atom. The zero-order chi connectivity index (χ0) is 17.0. The quantitative estimate of drug-likeness (QED) is 0.728. The average Bonchev–Trinajstić information content (AvgIpc) is 2.47. The molecule has 0 amide bonds. The Balaban J connectivity index is 1.98. The van der Waals surface area contributed by atoms with Gasteiger partial charge in [0.2, 0.25) is 0 Å². The van der Waals surface area contributed by atoms with Crippen molar-refractivity contribution in [3.05, 3.63) is 64.7 Å². The van der Waals surface area contributed by atoms with Crippen molar-refractivity contribution in [3.8, 4) is 0 Å². The molecule has 0 aromatic heterocycles. The van der Waals surface area contributed by atoms with E-state index >= 15 is 0 Å². The molecule has 1 atom stereocenters. The van der Waals surface area contributed by atoms with Crippen LogP contribution in [0.15, 0.2) is 42.5 Å². The minimum absolute atomic E-state index is 0.172. The first kappa shape index (κ1) is 17.5. The van der Waals surface area contributed by atoms with Crippen LogP contribution < -0.4 is 10.6 Å². The van der Waals surface area contributed by atoms with E-state index in [9.17, 15) is 0 Å². The highest BCUT2D eigenvalue weighted by atomic mass is 32.1. The highest BCUT2D eigenvalue weighted by Gasteiger charge is 2.10. The van der Waals surface area contributed by atoms with Crippen molar-refractivity contribution in [1.82, 2.24) is 5.32 Å². The van der Waals surface area contributed by atoms with Crippen LogP contribution in [0.1, 0.15) is 55.0 Å². The second kappa shape index (κ2) is 7.60. The zero-order valence-electron chi connectivity index (χ0n) is 14.6. The Bertz CT molecular complexity index is 675. The van der Waals surface area contributed by atoms with Gasteiger partial charge < -0.3 is 10.6 Å². The van der Waals surface area contributed by atoms with Crippen LogP contribution in [0, 0.1) is 13.8 Å². The lowest BCUT2D eigenvalue weighted by Crippen LogP contribution is -2.31. The Labute approximate surface area is 145 Å². The second-order valence-electron chi connectivity index (χ2n) is 6.46. The molecular formula is C20H26N2S. The van der Waals surface area contributed by atoms with Crippen molar-refractivity contribution in [3.63, 3.8) is 0 Å². The summed E-state index contributed by atoms with van der Waals surface area (Å²) in [6.45, 7) is 10.8. The predicted octanol–water partition coefficient (Wildman–Crippen LogP) is 5.47. The fraction of sp³-hybridized carbons (Fsp3) is 0.350. The van der Waals surface area contributed by atoms with Crippen LogP contribution in [-0.4, -0.2) is 5.11 Å². The van der Waals surface area contributed by atoms with Crippen LogP contribution in [0.5, 0.6) is 0 Å². The molecule has 0 spiro atoms. The lowest BCUT2D eigenvalue weighted by Gasteiger charge is -2.19. The van der Waals surface area contributed by atoms with Crippen molar-refractivity contribution < 1.29 is 0 Å². The predicted molar refractivity (Wildman–Crippen MR) is 104 cm³/mol. The van der Waals surface area contributed by atoms with Crippen molar-refractivity contribution in [1.29, 1.82) is 0 Å². The molecule has 0 aliphatic heterocycles. The van der Waals surface area contributed by atoms with E-state index < -0.39 is 0 Å². The molecule has 2 aromatic carbocycles. The number of thiocarbonyl (C=S) groups is 1. The van der Waals surface area contributed by atoms with Gasteiger partial charge in [0, 0.05) is 5.69 Å². The third kappa shape index (κ3) is 4.80. The fourth-order valence-corrected chi connectivity index (χ4v) is 3.00. The molecule has 0 heterocycles. The van der Waals surface area contributed by atoms with Crippen LogP contribution in [0.25, 0.3) is 0 Å². The molecule has 2 nitrogen and oxygen atoms in total. The van der Waals surface area contributed by atoms with E-state index in [0.717, 1.165) is 5.69 Å². The molecule has 0 bridgehead atoms. The van der Waals surface area contributed by atoms with E-state index in [-0.39, 0.29) is 6.04 Å². The monoisotopic (exact) mass is 326 g/mol. The van der Waals surface area contributed by atoms with Gasteiger partial charge in [0.25, 0.3) is 0 Å². The van der Waals surface area contributed by atoms with E-state index in [1.165, 1.54) is 22.3 Å². The molecule has 122 valence electrons. The Morgan fingerprint density at radius 1 is 0.957 bits per heavy atom. The van der Waals surface area contributed by atoms with E-state index in [4.69, 9.17) is 12.2 Å². The standard InChI is InChI=1S/C20H26N2S/c1-13(2)17-7-9-18(10-8-17)22-20(23)21-16(5)19-11-6-14(3)12-15(19)4/h6-13,16H,1-5H3,(H2,21,22,23)/t16-/m0/s1. The normalized spacial score (nSPS) is 12.1. The summed E-state index contributed by atoms with van der Waals surface area (Å²) >= 11 is 5.44. The van der Waals surface area contributed by atoms with Crippen molar-refractivity contribution >= 4 is 23.0 Å². The minimum atomic E-state index is 0.172. The van der Waals surface area contributed by atoms with Crippen LogP contribution in [-0.2, 0) is 0 Å². The first-order chi connectivity index (χ1) is 10.9. The lowest BCUT2D eigenvalue weighted by atomic mass is 10.0. The topological polar surface area (TPSA) is 24.1 Å². The highest BCUT2D eigenvalue weighted by Crippen LogP contribution is 2.20. The maximum absolute atomic E-state index is 5.44. The van der Waals surface area contributed by atoms with Crippen molar-refractivity contribution in [2.45, 2.75) is 46.6 Å². The number of rotatable bonds is 4. The van der Waals surface area contributed by atoms with Crippen LogP contribution in [0.3, 0.4) is 0 Å². The first-order valence-electron chi connectivity index (χ1n) is 8.11. The van der Waals surface area contributed by atoms with Gasteiger partial charge in [0.05, 0.1) is 6.04 Å². The molecule has 0 aliphatic rings. The summed E-state index contributed by atoms with van der Waals surface area (Å²) < 4.78 is 0. The van der Waals surface area contributed by atoms with Crippen molar-refractivity contribution in [2.75, 3.05) is 5.32 Å². The molecule has 2 aromatic rings. The van der Waals surface area contributed by atoms with Crippen LogP contribution >= 0.6 is 12.2 Å². The number of benzene rings is 2. The van der Waals surface area contributed by atoms with Gasteiger partial charge in [-0.3, -0.25) is 0 Å². The third-order valence-corrected chi connectivity index (χ3v) is 4.29. The molecule has 0 radical (unpaired) electrons. The minimum Gasteiger partial charge on any atom is -0.356 e. The van der Waals surface area contributed by atoms with Gasteiger partial charge in [-0.15, -0.1) is 0 Å². The fourth-order valence-electron chi connectivity index (χ4n) is 2.70. The number of anilines is 1. The molecule has 3 heteroatoms. The van der Waals surface area contributed by atoms with Crippen LogP contribution in [0.4, 0.5) is 5.69 Å². The Hall–Kier alpha value is -1.87. The SMILES string of the molecule is Cc1ccc([C@H](C)NC(=S)Nc2ccc(C(C)C)cc2)c(C)c1. The summed E-state index contributed by atoms with van der Waals surface area (Å²) in [5, 5.41) is 7.27. The lowest BCUT2D eigenvalue weighted by molar-refractivity contribution is 0.717.